The van der Waals surface area contributed by atoms with E-state index in [0.717, 1.165) is 57.0 Å². The van der Waals surface area contributed by atoms with E-state index in [1.165, 1.54) is 6.08 Å². The third kappa shape index (κ3) is 16.6. The Kier molecular flexibility index (Phi) is 17.5. The van der Waals surface area contributed by atoms with Crippen molar-refractivity contribution in [1.82, 2.24) is 4.98 Å². The van der Waals surface area contributed by atoms with Crippen molar-refractivity contribution in [2.75, 3.05) is 22.9 Å². The van der Waals surface area contributed by atoms with E-state index in [9.17, 15) is 0 Å². The average molecular weight is 726 g/mol. The van der Waals surface area contributed by atoms with E-state index in [0.29, 0.717) is 0 Å². The number of nitrogens with one attached hydrogen (secondary N) is 2. The van der Waals surface area contributed by atoms with E-state index in [-0.39, 0.29) is 5.70 Å². The maximum atomic E-state index is 7.54. The fourth-order valence-corrected chi connectivity index (χ4v) is 4.00. The molecular weight excluding hydrogens is 687 g/mol. The van der Waals surface area contributed by atoms with Crippen LogP contribution in [0.2, 0.25) is 0 Å². The van der Waals surface area contributed by atoms with Gasteiger partial charge >= 0.3 is 118 Å². The Bertz CT molecular complexity index is 1890. The Hall–Kier alpha value is -6.68. The van der Waals surface area contributed by atoms with E-state index in [4.69, 9.17) is 35.2 Å². The van der Waals surface area contributed by atoms with Gasteiger partial charge in [-0.05, 0) is 0 Å². The van der Waals surface area contributed by atoms with Crippen molar-refractivity contribution in [2.24, 2.45) is 9.98 Å². The van der Waals surface area contributed by atoms with Gasteiger partial charge in [0.05, 0.1) is 0 Å². The van der Waals surface area contributed by atoms with Crippen LogP contribution in [0.25, 0.3) is 17.9 Å². The van der Waals surface area contributed by atoms with E-state index in [1.807, 2.05) is 121 Å². The summed E-state index contributed by atoms with van der Waals surface area (Å²) in [5.41, 5.74) is 37.3. The second kappa shape index (κ2) is 22.9. The predicted molar refractivity (Wildman–Crippen MR) is 216 cm³/mol. The second-order valence-electron chi connectivity index (χ2n) is 10.5. The molecular formula is C43H38CoN8-6. The Morgan fingerprint density at radius 2 is 1.04 bits per heavy atom. The summed E-state index contributed by atoms with van der Waals surface area (Å²) >= 11 is 4.14. The third-order valence-corrected chi connectivity index (χ3v) is 6.52. The molecule has 9 heteroatoms. The zero-order valence-electron chi connectivity index (χ0n) is 28.2. The van der Waals surface area contributed by atoms with Crippen molar-refractivity contribution >= 4 is 51.3 Å². The molecule has 0 saturated heterocycles. The number of anilines is 4. The van der Waals surface area contributed by atoms with E-state index in [2.05, 4.69) is 54.5 Å². The van der Waals surface area contributed by atoms with Crippen molar-refractivity contribution in [1.29, 1.82) is 0 Å². The van der Waals surface area contributed by atoms with Crippen molar-refractivity contribution in [2.45, 2.75) is 0 Å². The van der Waals surface area contributed by atoms with E-state index in [1.54, 1.807) is 35.3 Å². The summed E-state index contributed by atoms with van der Waals surface area (Å²) in [5.74, 6) is 0. The monoisotopic (exact) mass is 725 g/mol. The SMILES string of the molecule is Nc1c[c-]ccc1.Nc1c[c-]ccc1.Nc1c[c-]ccc1.Nc1c[c-]ccc1.[CH-]=CC([NH-])=Cc1ccc(C=C2C=CC(C=C3C=CC([CH]=[Co])=N3)=N2)[nH]1. The summed E-state index contributed by atoms with van der Waals surface area (Å²) in [4.78, 5) is 13.8. The van der Waals surface area contributed by atoms with Gasteiger partial charge in [-0.2, -0.15) is 121 Å². The van der Waals surface area contributed by atoms with Crippen LogP contribution in [0.4, 0.5) is 22.7 Å². The molecule has 2 aliphatic heterocycles. The molecule has 0 bridgehead atoms. The van der Waals surface area contributed by atoms with Gasteiger partial charge in [0, 0.05) is 0 Å². The van der Waals surface area contributed by atoms with Crippen LogP contribution in [-0.4, -0.2) is 21.4 Å². The summed E-state index contributed by atoms with van der Waals surface area (Å²) in [6.07, 6.45) is 14.5. The molecule has 3 heterocycles. The van der Waals surface area contributed by atoms with Gasteiger partial charge in [-0.15, -0.1) is 6.08 Å². The molecule has 52 heavy (non-hydrogen) atoms. The van der Waals surface area contributed by atoms with Gasteiger partial charge in [0.15, 0.2) is 0 Å². The number of hydrogen-bond donors (Lipinski definition) is 5. The Labute approximate surface area is 314 Å². The first-order valence-corrected chi connectivity index (χ1v) is 16.3. The molecule has 0 saturated carbocycles. The Balaban J connectivity index is 0.000000209. The predicted octanol–water partition coefficient (Wildman–Crippen LogP) is 8.27. The number of aromatic nitrogens is 1. The van der Waals surface area contributed by atoms with E-state index >= 15 is 0 Å². The first-order chi connectivity index (χ1) is 25.2. The number of nitrogens with zero attached hydrogens (tertiary/aromatic N) is 2. The van der Waals surface area contributed by atoms with Crippen LogP contribution in [0.5, 0.6) is 0 Å². The average Bonchev–Trinajstić information content (AvgIpc) is 3.93. The second-order valence-corrected chi connectivity index (χ2v) is 10.8. The number of allylic oxidation sites excluding steroid dienone is 6. The number of hydrogen-bond acceptors (Lipinski definition) is 6. The molecule has 0 spiro atoms. The van der Waals surface area contributed by atoms with Crippen molar-refractivity contribution in [3.63, 3.8) is 0 Å². The maximum absolute atomic E-state index is 7.54. The summed E-state index contributed by atoms with van der Waals surface area (Å²) in [6.45, 7) is 5.30. The van der Waals surface area contributed by atoms with Crippen LogP contribution < -0.4 is 22.9 Å². The molecule has 1 aromatic heterocycles. The number of nitrogens with two attached hydrogens (primary N) is 4. The minimum atomic E-state index is 0.256. The number of benzene rings is 4. The summed E-state index contributed by atoms with van der Waals surface area (Å²) in [7, 11) is 0. The molecule has 0 unspecified atom stereocenters. The van der Waals surface area contributed by atoms with E-state index < -0.39 is 0 Å². The molecule has 4 aromatic carbocycles. The number of aliphatic imine (C=N–C) groups is 2. The van der Waals surface area contributed by atoms with Crippen LogP contribution in [0.3, 0.4) is 0 Å². The van der Waals surface area contributed by atoms with Gasteiger partial charge in [0.25, 0.3) is 0 Å². The zero-order chi connectivity index (χ0) is 37.4. The van der Waals surface area contributed by atoms with Gasteiger partial charge in [-0.25, -0.2) is 0 Å². The van der Waals surface area contributed by atoms with Crippen LogP contribution in [0.15, 0.2) is 173 Å². The van der Waals surface area contributed by atoms with Crippen LogP contribution in [0.1, 0.15) is 11.4 Å². The molecule has 10 N–H and O–H groups in total. The number of rotatable bonds is 5. The van der Waals surface area contributed by atoms with Gasteiger partial charge in [-0.1, -0.05) is 22.7 Å². The number of aromatic amines is 1. The molecule has 0 amide bonds. The van der Waals surface area contributed by atoms with Gasteiger partial charge in [-0.3, -0.25) is 12.7 Å². The summed E-state index contributed by atoms with van der Waals surface area (Å²) in [6, 6.07) is 44.1. The van der Waals surface area contributed by atoms with Crippen molar-refractivity contribution in [3.05, 3.63) is 211 Å². The molecule has 8 nitrogen and oxygen atoms in total. The minimum absolute atomic E-state index is 0.256. The topological polar surface area (TPSA) is 168 Å². The van der Waals surface area contributed by atoms with Crippen LogP contribution >= 0.6 is 0 Å². The number of H-pyrrole nitrogens is 1. The molecule has 7 rings (SSSR count). The zero-order valence-corrected chi connectivity index (χ0v) is 29.2. The van der Waals surface area contributed by atoms with Gasteiger partial charge < -0.3 is 34.4 Å². The molecule has 265 valence electrons. The van der Waals surface area contributed by atoms with Gasteiger partial charge in [0.1, 0.15) is 0 Å². The molecule has 5 aromatic rings. The third-order valence-electron chi connectivity index (χ3n) is 6.21. The Morgan fingerprint density at radius 3 is 1.40 bits per heavy atom. The number of nitrogen functional groups attached to an aromatic ring is 4. The standard InChI is InChI=1S/C19H14N4.4C6H6N.Co/c1-3-14(20)10-15-6-7-18(22-15)12-19-9-8-17(23-19)11-16-5-4-13(2)21-16;4*7-6-4-2-1-3-5-6;/h1-12,20,22H;4*1-2,4-5H,7H2;/q-2;4*-1;. The molecule has 0 aliphatic carbocycles. The Morgan fingerprint density at radius 1 is 0.615 bits per heavy atom. The molecule has 0 radical (unpaired) electrons. The summed E-state index contributed by atoms with van der Waals surface area (Å²) < 4.78 is 0. The molecule has 0 atom stereocenters. The first-order valence-electron chi connectivity index (χ1n) is 15.7. The van der Waals surface area contributed by atoms with Crippen LogP contribution in [-0.2, 0) is 15.3 Å². The van der Waals surface area contributed by atoms with Gasteiger partial charge in [0.2, 0.25) is 0 Å². The fourth-order valence-electron chi connectivity index (χ4n) is 3.84. The van der Waals surface area contributed by atoms with Crippen LogP contribution in [0, 0.1) is 30.8 Å². The van der Waals surface area contributed by atoms with Crippen molar-refractivity contribution in [3.8, 4) is 0 Å². The molecule has 2 aliphatic rings. The van der Waals surface area contributed by atoms with Crippen molar-refractivity contribution < 1.29 is 15.3 Å². The normalized spacial score (nSPS) is 13.8. The summed E-state index contributed by atoms with van der Waals surface area (Å²) in [5, 5.41) is 0. The fraction of sp³-hybridized carbons (Fsp3) is 0. The molecule has 0 fully saturated rings. The quantitative estimate of drug-likeness (QED) is 0.0699. The first kappa shape index (κ1) is 39.8.